The molecule has 3 heterocycles. The Morgan fingerprint density at radius 3 is 2.55 bits per heavy atom. The Balaban J connectivity index is 1.38. The van der Waals surface area contributed by atoms with E-state index in [1.165, 1.54) is 5.56 Å². The summed E-state index contributed by atoms with van der Waals surface area (Å²) in [5.74, 6) is 0.879. The number of nitrogens with zero attached hydrogens (tertiary/aromatic N) is 1. The van der Waals surface area contributed by atoms with Crippen molar-refractivity contribution < 1.29 is 14.3 Å². The first-order chi connectivity index (χ1) is 16.2. The first-order valence-corrected chi connectivity index (χ1v) is 12.0. The number of ether oxygens (including phenoxy) is 1. The van der Waals surface area contributed by atoms with E-state index in [2.05, 4.69) is 22.1 Å². The molecule has 1 fully saturated rings. The van der Waals surface area contributed by atoms with E-state index in [4.69, 9.17) is 4.74 Å². The van der Waals surface area contributed by atoms with Crippen molar-refractivity contribution >= 4 is 11.6 Å². The second-order valence-corrected chi connectivity index (χ2v) is 9.32. The molecule has 33 heavy (non-hydrogen) atoms. The van der Waals surface area contributed by atoms with Crippen molar-refractivity contribution in [2.75, 3.05) is 13.2 Å². The Kier molecular flexibility index (Phi) is 6.49. The lowest BCUT2D eigenvalue weighted by molar-refractivity contribution is -0.126. The number of Topliss-reactive ketones (excluding diaryl/α,β-unsaturated/α-hetero) is 2. The second kappa shape index (κ2) is 9.84. The summed E-state index contributed by atoms with van der Waals surface area (Å²) < 4.78 is 5.39. The molecule has 1 aromatic carbocycles. The van der Waals surface area contributed by atoms with Gasteiger partial charge in [-0.25, -0.2) is 0 Å². The minimum atomic E-state index is 0.134. The van der Waals surface area contributed by atoms with Gasteiger partial charge in [0.15, 0.2) is 5.78 Å². The van der Waals surface area contributed by atoms with Gasteiger partial charge in [0.1, 0.15) is 5.78 Å². The average molecular weight is 443 g/mol. The number of fused-ring (bicyclic) bond motifs is 1. The fourth-order valence-electron chi connectivity index (χ4n) is 5.33. The van der Waals surface area contributed by atoms with Crippen molar-refractivity contribution in [2.24, 2.45) is 11.8 Å². The van der Waals surface area contributed by atoms with Crippen LogP contribution in [0.4, 0.5) is 0 Å². The molecular formula is C28H30N2O3. The smallest absolute Gasteiger partial charge is 0.165 e. The molecule has 1 unspecified atom stereocenters. The lowest BCUT2D eigenvalue weighted by Crippen LogP contribution is -2.25. The zero-order valence-corrected chi connectivity index (χ0v) is 18.9. The minimum absolute atomic E-state index is 0.134. The van der Waals surface area contributed by atoms with Gasteiger partial charge in [0.05, 0.1) is 5.69 Å². The number of hydrogen-bond donors (Lipinski definition) is 1. The predicted octanol–water partition coefficient (Wildman–Crippen LogP) is 5.19. The van der Waals surface area contributed by atoms with Crippen molar-refractivity contribution in [1.82, 2.24) is 9.97 Å². The fraction of sp³-hybridized carbons (Fsp3) is 0.393. The van der Waals surface area contributed by atoms with E-state index in [9.17, 15) is 9.59 Å². The normalized spacial score (nSPS) is 18.8. The summed E-state index contributed by atoms with van der Waals surface area (Å²) in [6.07, 6.45) is 8.62. The van der Waals surface area contributed by atoms with Crippen LogP contribution in [0.2, 0.25) is 0 Å². The maximum Gasteiger partial charge on any atom is 0.165 e. The SMILES string of the molecule is O=C1CC(CCC(=O)C2CCOCC2)Cc2[nH]c(-c3ccncc3)c(Cc3ccccc3)c21. The lowest BCUT2D eigenvalue weighted by atomic mass is 9.80. The molecule has 0 saturated carbocycles. The third-order valence-electron chi connectivity index (χ3n) is 7.10. The molecule has 2 aromatic heterocycles. The molecule has 5 rings (SSSR count). The van der Waals surface area contributed by atoms with Gasteiger partial charge in [0.2, 0.25) is 0 Å². The van der Waals surface area contributed by atoms with Gasteiger partial charge < -0.3 is 9.72 Å². The van der Waals surface area contributed by atoms with Gasteiger partial charge in [-0.15, -0.1) is 0 Å². The number of rotatable bonds is 7. The molecule has 1 atom stereocenters. The Morgan fingerprint density at radius 1 is 1.03 bits per heavy atom. The van der Waals surface area contributed by atoms with Crippen LogP contribution < -0.4 is 0 Å². The summed E-state index contributed by atoms with van der Waals surface area (Å²) in [6.45, 7) is 1.37. The van der Waals surface area contributed by atoms with Gasteiger partial charge in [0.25, 0.3) is 0 Å². The zero-order valence-electron chi connectivity index (χ0n) is 18.9. The molecule has 170 valence electrons. The summed E-state index contributed by atoms with van der Waals surface area (Å²) >= 11 is 0. The van der Waals surface area contributed by atoms with Crippen molar-refractivity contribution in [2.45, 2.75) is 44.9 Å². The molecule has 5 heteroatoms. The maximum atomic E-state index is 13.4. The number of pyridine rings is 1. The van der Waals surface area contributed by atoms with Crippen LogP contribution in [0, 0.1) is 11.8 Å². The van der Waals surface area contributed by atoms with E-state index in [-0.39, 0.29) is 17.6 Å². The quantitative estimate of drug-likeness (QED) is 0.547. The molecule has 1 aliphatic heterocycles. The van der Waals surface area contributed by atoms with Crippen molar-refractivity contribution in [3.8, 4) is 11.3 Å². The van der Waals surface area contributed by atoms with Gasteiger partial charge in [-0.1, -0.05) is 30.3 Å². The summed E-state index contributed by atoms with van der Waals surface area (Å²) in [7, 11) is 0. The molecule has 2 aliphatic rings. The Morgan fingerprint density at radius 2 is 1.79 bits per heavy atom. The lowest BCUT2D eigenvalue weighted by Gasteiger charge is -2.24. The number of aromatic nitrogens is 2. The highest BCUT2D eigenvalue weighted by Crippen LogP contribution is 2.37. The number of H-pyrrole nitrogens is 1. The molecule has 0 spiro atoms. The maximum absolute atomic E-state index is 13.4. The summed E-state index contributed by atoms with van der Waals surface area (Å²) in [5.41, 5.74) is 6.20. The number of carbonyl (C=O) groups excluding carboxylic acids is 2. The highest BCUT2D eigenvalue weighted by molar-refractivity contribution is 6.02. The van der Waals surface area contributed by atoms with E-state index in [0.717, 1.165) is 53.8 Å². The molecular weight excluding hydrogens is 412 g/mol. The molecule has 3 aromatic rings. The zero-order chi connectivity index (χ0) is 22.6. The number of carbonyl (C=O) groups is 2. The van der Waals surface area contributed by atoms with Gasteiger partial charge in [0, 0.05) is 67.6 Å². The van der Waals surface area contributed by atoms with Crippen molar-refractivity contribution in [1.29, 1.82) is 0 Å². The highest BCUT2D eigenvalue weighted by atomic mass is 16.5. The molecule has 1 aliphatic carbocycles. The fourth-order valence-corrected chi connectivity index (χ4v) is 5.33. The van der Waals surface area contributed by atoms with Crippen LogP contribution in [0.3, 0.4) is 0 Å². The number of benzene rings is 1. The number of ketones is 2. The van der Waals surface area contributed by atoms with Crippen LogP contribution in [-0.4, -0.2) is 34.7 Å². The summed E-state index contributed by atoms with van der Waals surface area (Å²) in [5, 5.41) is 0. The molecule has 1 N–H and O–H groups in total. The van der Waals surface area contributed by atoms with Crippen LogP contribution in [0.5, 0.6) is 0 Å². The van der Waals surface area contributed by atoms with Crippen molar-refractivity contribution in [3.63, 3.8) is 0 Å². The molecule has 0 bridgehead atoms. The minimum Gasteiger partial charge on any atom is -0.381 e. The van der Waals surface area contributed by atoms with Crippen LogP contribution in [0.1, 0.15) is 59.3 Å². The third kappa shape index (κ3) is 4.83. The van der Waals surface area contributed by atoms with Gasteiger partial charge in [-0.3, -0.25) is 14.6 Å². The first-order valence-electron chi connectivity index (χ1n) is 12.0. The molecule has 1 saturated heterocycles. The van der Waals surface area contributed by atoms with E-state index in [1.54, 1.807) is 12.4 Å². The predicted molar refractivity (Wildman–Crippen MR) is 127 cm³/mol. The first kappa shape index (κ1) is 21.8. The summed E-state index contributed by atoms with van der Waals surface area (Å²) in [4.78, 5) is 33.8. The van der Waals surface area contributed by atoms with E-state index < -0.39 is 0 Å². The molecule has 0 radical (unpaired) electrons. The topological polar surface area (TPSA) is 72.1 Å². The van der Waals surface area contributed by atoms with E-state index >= 15 is 0 Å². The Bertz CT molecular complexity index is 1110. The van der Waals surface area contributed by atoms with Crippen LogP contribution in [0.25, 0.3) is 11.3 Å². The number of aromatic amines is 1. The van der Waals surface area contributed by atoms with E-state index in [1.807, 2.05) is 30.3 Å². The highest BCUT2D eigenvalue weighted by Gasteiger charge is 2.32. The largest absolute Gasteiger partial charge is 0.381 e. The number of nitrogens with one attached hydrogen (secondary N) is 1. The average Bonchev–Trinajstić information content (AvgIpc) is 3.23. The Labute approximate surface area is 194 Å². The third-order valence-corrected chi connectivity index (χ3v) is 7.10. The standard InChI is InChI=1S/C28H30N2O3/c31-25(21-10-14-33-15-11-21)7-6-20-17-24-27(26(32)18-20)23(16-19-4-2-1-3-5-19)28(30-24)22-8-12-29-13-9-22/h1-5,8-9,12-13,20-21,30H,6-7,10-11,14-18H2. The monoisotopic (exact) mass is 442 g/mol. The van der Waals surface area contributed by atoms with Crippen LogP contribution in [-0.2, 0) is 22.4 Å². The number of hydrogen-bond acceptors (Lipinski definition) is 4. The van der Waals surface area contributed by atoms with Gasteiger partial charge >= 0.3 is 0 Å². The molecule has 0 amide bonds. The molecule has 5 nitrogen and oxygen atoms in total. The van der Waals surface area contributed by atoms with Crippen LogP contribution in [0.15, 0.2) is 54.9 Å². The van der Waals surface area contributed by atoms with Crippen molar-refractivity contribution in [3.05, 3.63) is 77.2 Å². The van der Waals surface area contributed by atoms with Crippen LogP contribution >= 0.6 is 0 Å². The van der Waals surface area contributed by atoms with Gasteiger partial charge in [-0.2, -0.15) is 0 Å². The second-order valence-electron chi connectivity index (χ2n) is 9.32. The van der Waals surface area contributed by atoms with E-state index in [0.29, 0.717) is 38.3 Å². The Hall–Kier alpha value is -3.05. The van der Waals surface area contributed by atoms with Gasteiger partial charge in [-0.05, 0) is 54.9 Å². The summed E-state index contributed by atoms with van der Waals surface area (Å²) in [6, 6.07) is 14.3.